The van der Waals surface area contributed by atoms with Crippen molar-refractivity contribution in [2.24, 2.45) is 0 Å². The van der Waals surface area contributed by atoms with Crippen molar-refractivity contribution in [2.75, 3.05) is 24.3 Å². The molecule has 2 heteroatoms. The third-order valence-electron chi connectivity index (χ3n) is 3.28. The highest BCUT2D eigenvalue weighted by molar-refractivity contribution is 5.64. The van der Waals surface area contributed by atoms with Crippen molar-refractivity contribution in [3.05, 3.63) is 54.1 Å². The van der Waals surface area contributed by atoms with E-state index in [0.717, 1.165) is 12.1 Å². The van der Waals surface area contributed by atoms with Gasteiger partial charge in [-0.25, -0.2) is 0 Å². The van der Waals surface area contributed by atoms with E-state index in [1.807, 2.05) is 7.05 Å². The molecule has 2 rings (SSSR count). The first-order valence-electron chi connectivity index (χ1n) is 6.35. The predicted octanol–water partition coefficient (Wildman–Crippen LogP) is 4.06. The van der Waals surface area contributed by atoms with Crippen LogP contribution in [0.1, 0.15) is 12.5 Å². The number of anilines is 3. The summed E-state index contributed by atoms with van der Waals surface area (Å²) in [5.74, 6) is 0. The van der Waals surface area contributed by atoms with Gasteiger partial charge in [-0.3, -0.25) is 0 Å². The zero-order valence-corrected chi connectivity index (χ0v) is 11.3. The van der Waals surface area contributed by atoms with Crippen LogP contribution in [0, 0.1) is 0 Å². The molecule has 0 heterocycles. The van der Waals surface area contributed by atoms with Gasteiger partial charge in [-0.15, -0.1) is 0 Å². The fourth-order valence-corrected chi connectivity index (χ4v) is 1.96. The Kier molecular flexibility index (Phi) is 3.88. The summed E-state index contributed by atoms with van der Waals surface area (Å²) in [5.41, 5.74) is 4.91. The number of hydrogen-bond donors (Lipinski definition) is 1. The second-order valence-corrected chi connectivity index (χ2v) is 4.38. The van der Waals surface area contributed by atoms with E-state index in [4.69, 9.17) is 0 Å². The number of nitrogens with one attached hydrogen (secondary N) is 1. The van der Waals surface area contributed by atoms with Crippen LogP contribution in [0.2, 0.25) is 0 Å². The van der Waals surface area contributed by atoms with Crippen LogP contribution in [0.3, 0.4) is 0 Å². The van der Waals surface area contributed by atoms with Gasteiger partial charge in [-0.2, -0.15) is 0 Å². The summed E-state index contributed by atoms with van der Waals surface area (Å²) in [4.78, 5) is 2.19. The first-order chi connectivity index (χ1) is 8.74. The molecule has 0 spiro atoms. The molecule has 0 aliphatic carbocycles. The van der Waals surface area contributed by atoms with E-state index in [1.54, 1.807) is 0 Å². The number of benzene rings is 2. The van der Waals surface area contributed by atoms with Crippen molar-refractivity contribution in [1.82, 2.24) is 0 Å². The molecule has 2 aromatic rings. The first-order valence-corrected chi connectivity index (χ1v) is 6.35. The van der Waals surface area contributed by atoms with E-state index in [9.17, 15) is 0 Å². The molecule has 18 heavy (non-hydrogen) atoms. The molecule has 1 N–H and O–H groups in total. The van der Waals surface area contributed by atoms with Crippen LogP contribution in [0.5, 0.6) is 0 Å². The molecule has 2 aromatic carbocycles. The van der Waals surface area contributed by atoms with E-state index >= 15 is 0 Å². The Balaban J connectivity index is 2.20. The quantitative estimate of drug-likeness (QED) is 0.867. The number of hydrogen-bond acceptors (Lipinski definition) is 2. The Morgan fingerprint density at radius 1 is 0.889 bits per heavy atom. The lowest BCUT2D eigenvalue weighted by Crippen LogP contribution is -2.09. The zero-order chi connectivity index (χ0) is 13.0. The summed E-state index contributed by atoms with van der Waals surface area (Å²) in [5, 5.41) is 3.13. The molecule has 0 unspecified atom stereocenters. The fraction of sp³-hybridized carbons (Fsp3) is 0.250. The van der Waals surface area contributed by atoms with Gasteiger partial charge in [0, 0.05) is 31.2 Å². The number of rotatable bonds is 4. The van der Waals surface area contributed by atoms with Crippen LogP contribution in [-0.4, -0.2) is 14.1 Å². The molecular formula is C16H20N2. The first kappa shape index (κ1) is 12.5. The predicted molar refractivity (Wildman–Crippen MR) is 79.9 cm³/mol. The monoisotopic (exact) mass is 240 g/mol. The maximum Gasteiger partial charge on any atom is 0.0409 e. The Morgan fingerprint density at radius 3 is 1.83 bits per heavy atom. The maximum absolute atomic E-state index is 3.13. The lowest BCUT2D eigenvalue weighted by molar-refractivity contribution is 1.13. The van der Waals surface area contributed by atoms with Crippen LogP contribution in [0.15, 0.2) is 48.5 Å². The molecular weight excluding hydrogens is 220 g/mol. The van der Waals surface area contributed by atoms with Crippen molar-refractivity contribution in [1.29, 1.82) is 0 Å². The van der Waals surface area contributed by atoms with Gasteiger partial charge >= 0.3 is 0 Å². The van der Waals surface area contributed by atoms with Gasteiger partial charge in [0.1, 0.15) is 0 Å². The summed E-state index contributed by atoms with van der Waals surface area (Å²) in [6, 6.07) is 17.1. The SMILES string of the molecule is CCc1ccc(N(C)c2ccc(NC)cc2)cc1. The van der Waals surface area contributed by atoms with Crippen molar-refractivity contribution in [3.8, 4) is 0 Å². The highest BCUT2D eigenvalue weighted by atomic mass is 15.1. The molecule has 2 nitrogen and oxygen atoms in total. The Hall–Kier alpha value is -1.96. The molecule has 94 valence electrons. The van der Waals surface area contributed by atoms with E-state index in [0.29, 0.717) is 0 Å². The number of aryl methyl sites for hydroxylation is 1. The van der Waals surface area contributed by atoms with Gasteiger partial charge in [-0.05, 0) is 48.4 Å². The van der Waals surface area contributed by atoms with Crippen LogP contribution < -0.4 is 10.2 Å². The molecule has 0 atom stereocenters. The average Bonchev–Trinajstić information content (AvgIpc) is 2.47. The lowest BCUT2D eigenvalue weighted by Gasteiger charge is -2.20. The van der Waals surface area contributed by atoms with Gasteiger partial charge in [-0.1, -0.05) is 19.1 Å². The van der Waals surface area contributed by atoms with Crippen LogP contribution in [0.4, 0.5) is 17.1 Å². The second-order valence-electron chi connectivity index (χ2n) is 4.38. The summed E-state index contributed by atoms with van der Waals surface area (Å²) in [6.07, 6.45) is 1.08. The third kappa shape index (κ3) is 2.65. The van der Waals surface area contributed by atoms with Gasteiger partial charge in [0.2, 0.25) is 0 Å². The highest BCUT2D eigenvalue weighted by Gasteiger charge is 2.03. The summed E-state index contributed by atoms with van der Waals surface area (Å²) in [7, 11) is 4.03. The zero-order valence-electron chi connectivity index (χ0n) is 11.3. The topological polar surface area (TPSA) is 15.3 Å². The Morgan fingerprint density at radius 2 is 1.39 bits per heavy atom. The van der Waals surface area contributed by atoms with E-state index in [2.05, 4.69) is 72.7 Å². The summed E-state index contributed by atoms with van der Waals surface area (Å²) < 4.78 is 0. The highest BCUT2D eigenvalue weighted by Crippen LogP contribution is 2.25. The molecule has 0 bridgehead atoms. The van der Waals surface area contributed by atoms with Gasteiger partial charge < -0.3 is 10.2 Å². The standard InChI is InChI=1S/C16H20N2/c1-4-13-5-9-15(10-6-13)18(3)16-11-7-14(17-2)8-12-16/h5-12,17H,4H2,1-3H3. The van der Waals surface area contributed by atoms with Gasteiger partial charge in [0.05, 0.1) is 0 Å². The molecule has 0 aliphatic heterocycles. The van der Waals surface area contributed by atoms with E-state index in [-0.39, 0.29) is 0 Å². The second kappa shape index (κ2) is 5.58. The minimum atomic E-state index is 1.08. The normalized spacial score (nSPS) is 10.2. The fourth-order valence-electron chi connectivity index (χ4n) is 1.96. The van der Waals surface area contributed by atoms with Crippen LogP contribution in [0.25, 0.3) is 0 Å². The summed E-state index contributed by atoms with van der Waals surface area (Å²) in [6.45, 7) is 2.18. The molecule has 0 radical (unpaired) electrons. The third-order valence-corrected chi connectivity index (χ3v) is 3.28. The van der Waals surface area contributed by atoms with Gasteiger partial charge in [0.15, 0.2) is 0 Å². The Labute approximate surface area is 109 Å². The van der Waals surface area contributed by atoms with Crippen molar-refractivity contribution < 1.29 is 0 Å². The molecule has 0 aliphatic rings. The molecule has 0 fully saturated rings. The largest absolute Gasteiger partial charge is 0.388 e. The van der Waals surface area contributed by atoms with Crippen LogP contribution in [-0.2, 0) is 6.42 Å². The Bertz CT molecular complexity index is 438. The molecule has 0 amide bonds. The number of nitrogens with zero attached hydrogens (tertiary/aromatic N) is 1. The molecule has 0 saturated carbocycles. The lowest BCUT2D eigenvalue weighted by atomic mass is 10.1. The van der Waals surface area contributed by atoms with Crippen molar-refractivity contribution in [3.63, 3.8) is 0 Å². The average molecular weight is 240 g/mol. The molecule has 0 saturated heterocycles. The van der Waals surface area contributed by atoms with Crippen molar-refractivity contribution >= 4 is 17.1 Å². The minimum absolute atomic E-state index is 1.08. The maximum atomic E-state index is 3.13. The smallest absolute Gasteiger partial charge is 0.0409 e. The summed E-state index contributed by atoms with van der Waals surface area (Å²) >= 11 is 0. The van der Waals surface area contributed by atoms with E-state index < -0.39 is 0 Å². The van der Waals surface area contributed by atoms with E-state index in [1.165, 1.54) is 16.9 Å². The van der Waals surface area contributed by atoms with Gasteiger partial charge in [0.25, 0.3) is 0 Å². The van der Waals surface area contributed by atoms with Crippen molar-refractivity contribution in [2.45, 2.75) is 13.3 Å². The van der Waals surface area contributed by atoms with Crippen LogP contribution >= 0.6 is 0 Å². The minimum Gasteiger partial charge on any atom is -0.388 e. The molecule has 0 aromatic heterocycles.